The molecule has 1 atom stereocenters. The van der Waals surface area contributed by atoms with Crippen LogP contribution in [0.25, 0.3) is 0 Å². The summed E-state index contributed by atoms with van der Waals surface area (Å²) >= 11 is 0. The van der Waals surface area contributed by atoms with E-state index in [9.17, 15) is 0 Å². The van der Waals surface area contributed by atoms with E-state index >= 15 is 0 Å². The minimum absolute atomic E-state index is 0.155. The number of nitrogens with one attached hydrogen (secondary N) is 1. The van der Waals surface area contributed by atoms with Gasteiger partial charge in [-0.3, -0.25) is 0 Å². The Bertz CT molecular complexity index is 359. The highest BCUT2D eigenvalue weighted by molar-refractivity contribution is 5.19. The van der Waals surface area contributed by atoms with Crippen LogP contribution in [0.5, 0.6) is 0 Å². The Morgan fingerprint density at radius 2 is 1.76 bits per heavy atom. The lowest BCUT2D eigenvalue weighted by Crippen LogP contribution is -2.38. The molecular formula is C18H31NO2. The fourth-order valence-corrected chi connectivity index (χ4v) is 2.22. The van der Waals surface area contributed by atoms with E-state index in [1.807, 2.05) is 0 Å². The number of ether oxygens (including phenoxy) is 2. The SMILES string of the molecule is COCCOCCCC(CNC(C)(C)C)c1ccccc1. The molecule has 21 heavy (non-hydrogen) atoms. The lowest BCUT2D eigenvalue weighted by molar-refractivity contribution is 0.0680. The quantitative estimate of drug-likeness (QED) is 0.669. The number of hydrogen-bond acceptors (Lipinski definition) is 3. The highest BCUT2D eigenvalue weighted by atomic mass is 16.5. The van der Waals surface area contributed by atoms with Gasteiger partial charge in [-0.05, 0) is 45.1 Å². The monoisotopic (exact) mass is 293 g/mol. The van der Waals surface area contributed by atoms with Crippen molar-refractivity contribution in [1.29, 1.82) is 0 Å². The van der Waals surface area contributed by atoms with Crippen LogP contribution in [0.15, 0.2) is 30.3 Å². The predicted octanol–water partition coefficient (Wildman–Crippen LogP) is 3.60. The van der Waals surface area contributed by atoms with Crippen LogP contribution in [0.3, 0.4) is 0 Å². The molecule has 1 N–H and O–H groups in total. The first-order valence-corrected chi connectivity index (χ1v) is 7.89. The Morgan fingerprint density at radius 3 is 2.38 bits per heavy atom. The minimum atomic E-state index is 0.155. The standard InChI is InChI=1S/C18H31NO2/c1-18(2,3)19-15-17(16-9-6-5-7-10-16)11-8-12-21-14-13-20-4/h5-7,9-10,17,19H,8,11-15H2,1-4H3. The summed E-state index contributed by atoms with van der Waals surface area (Å²) in [5, 5.41) is 3.62. The maximum atomic E-state index is 5.56. The summed E-state index contributed by atoms with van der Waals surface area (Å²) in [5.41, 5.74) is 1.56. The Balaban J connectivity index is 2.41. The zero-order valence-electron chi connectivity index (χ0n) is 14.0. The van der Waals surface area contributed by atoms with E-state index in [0.717, 1.165) is 26.0 Å². The molecule has 0 aliphatic rings. The van der Waals surface area contributed by atoms with Crippen molar-refractivity contribution in [2.24, 2.45) is 0 Å². The number of methoxy groups -OCH3 is 1. The second kappa shape index (κ2) is 9.93. The molecule has 0 saturated carbocycles. The third-order valence-electron chi connectivity index (χ3n) is 3.42. The molecule has 0 spiro atoms. The van der Waals surface area contributed by atoms with Gasteiger partial charge in [-0.1, -0.05) is 30.3 Å². The second-order valence-corrected chi connectivity index (χ2v) is 6.49. The molecule has 0 aliphatic heterocycles. The molecule has 1 aromatic carbocycles. The summed E-state index contributed by atoms with van der Waals surface area (Å²) in [4.78, 5) is 0. The molecule has 0 radical (unpaired) electrons. The average molecular weight is 293 g/mol. The van der Waals surface area contributed by atoms with Gasteiger partial charge in [-0.15, -0.1) is 0 Å². The largest absolute Gasteiger partial charge is 0.382 e. The fourth-order valence-electron chi connectivity index (χ4n) is 2.22. The van der Waals surface area contributed by atoms with Gasteiger partial charge in [0, 0.05) is 25.8 Å². The van der Waals surface area contributed by atoms with Crippen LogP contribution in [0, 0.1) is 0 Å². The van der Waals surface area contributed by atoms with Gasteiger partial charge in [-0.25, -0.2) is 0 Å². The molecular weight excluding hydrogens is 262 g/mol. The molecule has 0 saturated heterocycles. The maximum Gasteiger partial charge on any atom is 0.0700 e. The van der Waals surface area contributed by atoms with Gasteiger partial charge in [0.05, 0.1) is 13.2 Å². The second-order valence-electron chi connectivity index (χ2n) is 6.49. The smallest absolute Gasteiger partial charge is 0.0700 e. The van der Waals surface area contributed by atoms with Gasteiger partial charge < -0.3 is 14.8 Å². The lowest BCUT2D eigenvalue weighted by Gasteiger charge is -2.25. The van der Waals surface area contributed by atoms with Crippen LogP contribution in [-0.4, -0.2) is 39.0 Å². The maximum absolute atomic E-state index is 5.56. The van der Waals surface area contributed by atoms with Gasteiger partial charge in [0.25, 0.3) is 0 Å². The normalized spacial score (nSPS) is 13.3. The van der Waals surface area contributed by atoms with Gasteiger partial charge in [0.2, 0.25) is 0 Å². The average Bonchev–Trinajstić information content (AvgIpc) is 2.45. The molecule has 1 aromatic rings. The van der Waals surface area contributed by atoms with Gasteiger partial charge in [-0.2, -0.15) is 0 Å². The van der Waals surface area contributed by atoms with Gasteiger partial charge in [0.15, 0.2) is 0 Å². The first-order chi connectivity index (χ1) is 10.0. The zero-order valence-corrected chi connectivity index (χ0v) is 14.0. The summed E-state index contributed by atoms with van der Waals surface area (Å²) in [5.74, 6) is 0.538. The lowest BCUT2D eigenvalue weighted by atomic mass is 9.93. The number of benzene rings is 1. The molecule has 120 valence electrons. The molecule has 0 amide bonds. The highest BCUT2D eigenvalue weighted by Crippen LogP contribution is 2.21. The molecule has 0 aliphatic carbocycles. The summed E-state index contributed by atoms with van der Waals surface area (Å²) in [6.45, 7) is 9.81. The molecule has 0 heterocycles. The summed E-state index contributed by atoms with van der Waals surface area (Å²) in [6, 6.07) is 10.8. The van der Waals surface area contributed by atoms with E-state index in [4.69, 9.17) is 9.47 Å². The van der Waals surface area contributed by atoms with E-state index in [0.29, 0.717) is 19.1 Å². The summed E-state index contributed by atoms with van der Waals surface area (Å²) in [6.07, 6.45) is 2.22. The third-order valence-corrected chi connectivity index (χ3v) is 3.42. The van der Waals surface area contributed by atoms with Crippen molar-refractivity contribution >= 4 is 0 Å². The van der Waals surface area contributed by atoms with Crippen molar-refractivity contribution in [3.05, 3.63) is 35.9 Å². The molecule has 3 heteroatoms. The Hall–Kier alpha value is -0.900. The molecule has 1 rings (SSSR count). The van der Waals surface area contributed by atoms with E-state index in [2.05, 4.69) is 56.4 Å². The van der Waals surface area contributed by atoms with E-state index in [-0.39, 0.29) is 5.54 Å². The van der Waals surface area contributed by atoms with Crippen molar-refractivity contribution in [2.75, 3.05) is 33.5 Å². The Labute approximate surface area is 130 Å². The Kier molecular flexibility index (Phi) is 8.58. The van der Waals surface area contributed by atoms with Crippen molar-refractivity contribution < 1.29 is 9.47 Å². The van der Waals surface area contributed by atoms with E-state index in [1.54, 1.807) is 7.11 Å². The van der Waals surface area contributed by atoms with Crippen LogP contribution in [0.2, 0.25) is 0 Å². The van der Waals surface area contributed by atoms with Crippen LogP contribution >= 0.6 is 0 Å². The van der Waals surface area contributed by atoms with E-state index < -0.39 is 0 Å². The Morgan fingerprint density at radius 1 is 1.05 bits per heavy atom. The van der Waals surface area contributed by atoms with Crippen molar-refractivity contribution in [2.45, 2.75) is 45.1 Å². The first kappa shape index (κ1) is 18.1. The predicted molar refractivity (Wildman–Crippen MR) is 88.9 cm³/mol. The molecule has 1 unspecified atom stereocenters. The van der Waals surface area contributed by atoms with Crippen LogP contribution in [0.4, 0.5) is 0 Å². The highest BCUT2D eigenvalue weighted by Gasteiger charge is 2.15. The topological polar surface area (TPSA) is 30.5 Å². The van der Waals surface area contributed by atoms with Crippen molar-refractivity contribution in [1.82, 2.24) is 5.32 Å². The first-order valence-electron chi connectivity index (χ1n) is 7.89. The van der Waals surface area contributed by atoms with Gasteiger partial charge in [0.1, 0.15) is 0 Å². The number of rotatable bonds is 10. The third kappa shape index (κ3) is 8.86. The summed E-state index contributed by atoms with van der Waals surface area (Å²) in [7, 11) is 1.70. The van der Waals surface area contributed by atoms with E-state index in [1.165, 1.54) is 5.56 Å². The summed E-state index contributed by atoms with van der Waals surface area (Å²) < 4.78 is 10.5. The van der Waals surface area contributed by atoms with Gasteiger partial charge >= 0.3 is 0 Å². The zero-order chi connectivity index (χ0) is 15.6. The number of hydrogen-bond donors (Lipinski definition) is 1. The molecule has 3 nitrogen and oxygen atoms in total. The molecule has 0 fully saturated rings. The fraction of sp³-hybridized carbons (Fsp3) is 0.667. The van der Waals surface area contributed by atoms with Crippen molar-refractivity contribution in [3.63, 3.8) is 0 Å². The molecule has 0 aromatic heterocycles. The van der Waals surface area contributed by atoms with Crippen LogP contribution in [-0.2, 0) is 9.47 Å². The van der Waals surface area contributed by atoms with Crippen LogP contribution in [0.1, 0.15) is 45.1 Å². The van der Waals surface area contributed by atoms with Crippen molar-refractivity contribution in [3.8, 4) is 0 Å². The van der Waals surface area contributed by atoms with Crippen LogP contribution < -0.4 is 5.32 Å². The molecule has 0 bridgehead atoms. The minimum Gasteiger partial charge on any atom is -0.382 e.